The monoisotopic (exact) mass is 548 g/mol. The first-order chi connectivity index (χ1) is 12.5. The SMILES string of the molecule is CN=C(NCCC(=O)N(C)Cc1ccccc1Br)N1CCC2(CCC2)C1.I. The number of aliphatic imine (C=N–C) groups is 1. The van der Waals surface area contributed by atoms with Gasteiger partial charge in [-0.15, -0.1) is 24.0 Å². The molecular weight excluding hydrogens is 519 g/mol. The Morgan fingerprint density at radius 1 is 1.33 bits per heavy atom. The molecule has 1 spiro atoms. The Balaban J connectivity index is 0.00000261. The molecule has 1 aliphatic heterocycles. The van der Waals surface area contributed by atoms with Crippen LogP contribution in [0.2, 0.25) is 0 Å². The number of hydrogen-bond acceptors (Lipinski definition) is 2. The summed E-state index contributed by atoms with van der Waals surface area (Å²) in [6, 6.07) is 8.02. The fourth-order valence-corrected chi connectivity index (χ4v) is 4.39. The van der Waals surface area contributed by atoms with Crippen molar-refractivity contribution in [2.75, 3.05) is 33.7 Å². The van der Waals surface area contributed by atoms with Crippen LogP contribution in [0.4, 0.5) is 0 Å². The Morgan fingerprint density at radius 3 is 2.67 bits per heavy atom. The summed E-state index contributed by atoms with van der Waals surface area (Å²) in [5.74, 6) is 1.08. The molecule has 7 heteroatoms. The lowest BCUT2D eigenvalue weighted by molar-refractivity contribution is -0.130. The van der Waals surface area contributed by atoms with Crippen LogP contribution in [-0.4, -0.2) is 55.4 Å². The second kappa shape index (κ2) is 10.1. The molecule has 1 aromatic carbocycles. The predicted octanol–water partition coefficient (Wildman–Crippen LogP) is 3.87. The standard InChI is InChI=1S/C20H29BrN4O.HI/c1-22-19(25-13-11-20(15-25)9-5-10-20)23-12-8-18(26)24(2)14-16-6-3-4-7-17(16)21;/h3-4,6-7H,5,8-15H2,1-2H3,(H,22,23);1H. The largest absolute Gasteiger partial charge is 0.356 e. The zero-order valence-electron chi connectivity index (χ0n) is 16.2. The van der Waals surface area contributed by atoms with Crippen molar-refractivity contribution in [2.24, 2.45) is 10.4 Å². The number of carbonyl (C=O) groups is 1. The number of rotatable bonds is 5. The fourth-order valence-electron chi connectivity index (χ4n) is 3.98. The maximum absolute atomic E-state index is 12.4. The smallest absolute Gasteiger partial charge is 0.224 e. The summed E-state index contributed by atoms with van der Waals surface area (Å²) in [6.07, 6.45) is 5.84. The lowest BCUT2D eigenvalue weighted by Crippen LogP contribution is -2.43. The van der Waals surface area contributed by atoms with Crippen molar-refractivity contribution in [3.63, 3.8) is 0 Å². The summed E-state index contributed by atoms with van der Waals surface area (Å²) < 4.78 is 1.04. The van der Waals surface area contributed by atoms with Gasteiger partial charge in [0, 0.05) is 51.2 Å². The van der Waals surface area contributed by atoms with Crippen LogP contribution in [0.25, 0.3) is 0 Å². The fraction of sp³-hybridized carbons (Fsp3) is 0.600. The van der Waals surface area contributed by atoms with Crippen LogP contribution < -0.4 is 5.32 Å². The third-order valence-electron chi connectivity index (χ3n) is 5.78. The van der Waals surface area contributed by atoms with Gasteiger partial charge in [0.05, 0.1) is 0 Å². The van der Waals surface area contributed by atoms with Gasteiger partial charge in [0.25, 0.3) is 0 Å². The highest BCUT2D eigenvalue weighted by atomic mass is 127. The number of amides is 1. The maximum Gasteiger partial charge on any atom is 0.224 e. The highest BCUT2D eigenvalue weighted by molar-refractivity contribution is 14.0. The van der Waals surface area contributed by atoms with Gasteiger partial charge in [-0.05, 0) is 36.3 Å². The summed E-state index contributed by atoms with van der Waals surface area (Å²) >= 11 is 3.54. The van der Waals surface area contributed by atoms with E-state index in [1.54, 1.807) is 4.90 Å². The number of guanidine groups is 1. The maximum atomic E-state index is 12.4. The van der Waals surface area contributed by atoms with Crippen molar-refractivity contribution in [3.05, 3.63) is 34.3 Å². The minimum Gasteiger partial charge on any atom is -0.356 e. The van der Waals surface area contributed by atoms with E-state index >= 15 is 0 Å². The zero-order valence-corrected chi connectivity index (χ0v) is 20.1. The summed E-state index contributed by atoms with van der Waals surface area (Å²) in [4.78, 5) is 21.0. The molecule has 0 bridgehead atoms. The van der Waals surface area contributed by atoms with E-state index in [1.807, 2.05) is 38.4 Å². The van der Waals surface area contributed by atoms with Gasteiger partial charge in [0.2, 0.25) is 5.91 Å². The Morgan fingerprint density at radius 2 is 2.07 bits per heavy atom. The number of hydrogen-bond donors (Lipinski definition) is 1. The Bertz CT molecular complexity index is 678. The van der Waals surface area contributed by atoms with Crippen molar-refractivity contribution in [1.82, 2.24) is 15.1 Å². The number of nitrogens with zero attached hydrogens (tertiary/aromatic N) is 3. The molecule has 5 nitrogen and oxygen atoms in total. The van der Waals surface area contributed by atoms with Gasteiger partial charge in [-0.25, -0.2) is 0 Å². The zero-order chi connectivity index (χ0) is 18.6. The van der Waals surface area contributed by atoms with Gasteiger partial charge < -0.3 is 15.1 Å². The van der Waals surface area contributed by atoms with Crippen molar-refractivity contribution in [2.45, 2.75) is 38.6 Å². The molecule has 150 valence electrons. The van der Waals surface area contributed by atoms with Gasteiger partial charge >= 0.3 is 0 Å². The molecule has 1 amide bonds. The average Bonchev–Trinajstić information content (AvgIpc) is 3.06. The molecule has 2 fully saturated rings. The lowest BCUT2D eigenvalue weighted by atomic mass is 9.68. The molecule has 2 aliphatic rings. The predicted molar refractivity (Wildman–Crippen MR) is 124 cm³/mol. The molecule has 1 heterocycles. The Kier molecular flexibility index (Phi) is 8.39. The molecule has 27 heavy (non-hydrogen) atoms. The van der Waals surface area contributed by atoms with Crippen LogP contribution in [0.15, 0.2) is 33.7 Å². The summed E-state index contributed by atoms with van der Waals surface area (Å²) in [6.45, 7) is 3.43. The molecule has 0 aromatic heterocycles. The topological polar surface area (TPSA) is 47.9 Å². The van der Waals surface area contributed by atoms with Crippen LogP contribution in [0, 0.1) is 5.41 Å². The van der Waals surface area contributed by atoms with Crippen molar-refractivity contribution in [3.8, 4) is 0 Å². The molecule has 0 atom stereocenters. The molecular formula is C20H30BrIN4O. The first kappa shape index (κ1) is 22.5. The van der Waals surface area contributed by atoms with E-state index in [1.165, 1.54) is 25.7 Å². The van der Waals surface area contributed by atoms with Crippen LogP contribution >= 0.6 is 39.9 Å². The highest BCUT2D eigenvalue weighted by Crippen LogP contribution is 2.47. The number of nitrogens with one attached hydrogen (secondary N) is 1. The van der Waals surface area contributed by atoms with Crippen LogP contribution in [-0.2, 0) is 11.3 Å². The quantitative estimate of drug-likeness (QED) is 0.345. The van der Waals surface area contributed by atoms with Gasteiger partial charge in [0.15, 0.2) is 5.96 Å². The molecule has 1 saturated carbocycles. The van der Waals surface area contributed by atoms with E-state index in [0.717, 1.165) is 29.1 Å². The third kappa shape index (κ3) is 5.59. The van der Waals surface area contributed by atoms with Crippen LogP contribution in [0.3, 0.4) is 0 Å². The van der Waals surface area contributed by atoms with Gasteiger partial charge in [-0.2, -0.15) is 0 Å². The number of benzene rings is 1. The number of likely N-dealkylation sites (tertiary alicyclic amines) is 1. The summed E-state index contributed by atoms with van der Waals surface area (Å²) in [5, 5.41) is 3.38. The van der Waals surface area contributed by atoms with E-state index in [0.29, 0.717) is 24.9 Å². The summed E-state index contributed by atoms with van der Waals surface area (Å²) in [5.41, 5.74) is 1.67. The van der Waals surface area contributed by atoms with Gasteiger partial charge in [-0.3, -0.25) is 9.79 Å². The Labute approximate surface area is 188 Å². The molecule has 0 radical (unpaired) electrons. The average molecular weight is 549 g/mol. The van der Waals surface area contributed by atoms with Crippen molar-refractivity contribution < 1.29 is 4.79 Å². The van der Waals surface area contributed by atoms with Gasteiger partial charge in [-0.1, -0.05) is 40.5 Å². The van der Waals surface area contributed by atoms with E-state index < -0.39 is 0 Å². The molecule has 3 rings (SSSR count). The number of carbonyl (C=O) groups excluding carboxylic acids is 1. The first-order valence-electron chi connectivity index (χ1n) is 9.46. The third-order valence-corrected chi connectivity index (χ3v) is 6.55. The highest BCUT2D eigenvalue weighted by Gasteiger charge is 2.43. The van der Waals surface area contributed by atoms with E-state index in [4.69, 9.17) is 0 Å². The minimum absolute atomic E-state index is 0. The van der Waals surface area contributed by atoms with E-state index in [2.05, 4.69) is 31.1 Å². The van der Waals surface area contributed by atoms with Crippen molar-refractivity contribution >= 4 is 51.8 Å². The normalized spacial score (nSPS) is 18.0. The molecule has 1 aromatic rings. The molecule has 1 saturated heterocycles. The molecule has 1 aliphatic carbocycles. The first-order valence-corrected chi connectivity index (χ1v) is 10.3. The summed E-state index contributed by atoms with van der Waals surface area (Å²) in [7, 11) is 3.69. The van der Waals surface area contributed by atoms with E-state index in [-0.39, 0.29) is 29.9 Å². The second-order valence-electron chi connectivity index (χ2n) is 7.59. The Hall–Kier alpha value is -0.830. The molecule has 1 N–H and O–H groups in total. The van der Waals surface area contributed by atoms with Crippen molar-refractivity contribution in [1.29, 1.82) is 0 Å². The van der Waals surface area contributed by atoms with E-state index in [9.17, 15) is 4.79 Å². The van der Waals surface area contributed by atoms with Crippen LogP contribution in [0.1, 0.15) is 37.7 Å². The number of halogens is 2. The van der Waals surface area contributed by atoms with Crippen LogP contribution in [0.5, 0.6) is 0 Å². The lowest BCUT2D eigenvalue weighted by Gasteiger charge is -2.38. The minimum atomic E-state index is 0. The molecule has 0 unspecified atom stereocenters. The van der Waals surface area contributed by atoms with Gasteiger partial charge in [0.1, 0.15) is 0 Å². The second-order valence-corrected chi connectivity index (χ2v) is 8.44.